The van der Waals surface area contributed by atoms with Gasteiger partial charge in [-0.05, 0) is 62.3 Å². The molecule has 37 heavy (non-hydrogen) atoms. The highest BCUT2D eigenvalue weighted by molar-refractivity contribution is 5.94. The number of anilines is 2. The minimum Gasteiger partial charge on any atom is -0.360 e. The summed E-state index contributed by atoms with van der Waals surface area (Å²) in [6.07, 6.45) is 4.85. The second kappa shape index (κ2) is 12.0. The van der Waals surface area contributed by atoms with Crippen molar-refractivity contribution in [2.45, 2.75) is 19.4 Å². The maximum atomic E-state index is 10.9. The number of amides is 1. The van der Waals surface area contributed by atoms with Crippen LogP contribution in [0.25, 0.3) is 22.4 Å². The molecule has 1 amide bonds. The van der Waals surface area contributed by atoms with E-state index in [4.69, 9.17) is 0 Å². The minimum atomic E-state index is 0.669. The summed E-state index contributed by atoms with van der Waals surface area (Å²) < 4.78 is 0. The smallest absolute Gasteiger partial charge is 0.211 e. The number of carbonyl (C=O) groups is 1. The van der Waals surface area contributed by atoms with Gasteiger partial charge in [-0.25, -0.2) is 9.97 Å². The molecule has 8 heteroatoms. The van der Waals surface area contributed by atoms with Gasteiger partial charge in [0.1, 0.15) is 17.2 Å². The number of nitrogens with one attached hydrogen (secondary N) is 2. The summed E-state index contributed by atoms with van der Waals surface area (Å²) in [5.41, 5.74) is 4.61. The first-order chi connectivity index (χ1) is 18.2. The molecule has 8 nitrogen and oxygen atoms in total. The van der Waals surface area contributed by atoms with Gasteiger partial charge in [-0.3, -0.25) is 9.69 Å². The van der Waals surface area contributed by atoms with E-state index < -0.39 is 0 Å². The van der Waals surface area contributed by atoms with Crippen molar-refractivity contribution in [2.24, 2.45) is 0 Å². The molecule has 1 aliphatic heterocycles. The number of aromatic nitrogens is 3. The first kappa shape index (κ1) is 24.9. The summed E-state index contributed by atoms with van der Waals surface area (Å²) in [6.45, 7) is 7.71. The second-order valence-electron chi connectivity index (χ2n) is 9.69. The predicted molar refractivity (Wildman–Crippen MR) is 150 cm³/mol. The highest BCUT2D eigenvalue weighted by Gasteiger charge is 2.15. The van der Waals surface area contributed by atoms with Crippen molar-refractivity contribution in [3.05, 3.63) is 72.4 Å². The van der Waals surface area contributed by atoms with Gasteiger partial charge >= 0.3 is 0 Å². The Bertz CT molecular complexity index is 1290. The molecule has 2 aromatic carbocycles. The van der Waals surface area contributed by atoms with Crippen LogP contribution in [0.3, 0.4) is 0 Å². The van der Waals surface area contributed by atoms with Crippen LogP contribution in [0.5, 0.6) is 0 Å². The first-order valence-corrected chi connectivity index (χ1v) is 13.0. The van der Waals surface area contributed by atoms with Crippen LogP contribution >= 0.6 is 0 Å². The van der Waals surface area contributed by atoms with Crippen LogP contribution in [-0.2, 0) is 11.3 Å². The van der Waals surface area contributed by atoms with Crippen molar-refractivity contribution in [1.29, 1.82) is 0 Å². The van der Waals surface area contributed by atoms with Crippen molar-refractivity contribution in [3.63, 3.8) is 0 Å². The van der Waals surface area contributed by atoms with Crippen LogP contribution in [0.4, 0.5) is 11.5 Å². The number of para-hydroxylation sites is 1. The van der Waals surface area contributed by atoms with Crippen LogP contribution in [0.2, 0.25) is 0 Å². The Balaban J connectivity index is 1.11. The summed E-state index contributed by atoms with van der Waals surface area (Å²) in [5, 5.41) is 2.71. The van der Waals surface area contributed by atoms with Gasteiger partial charge < -0.3 is 20.1 Å². The van der Waals surface area contributed by atoms with Crippen molar-refractivity contribution < 1.29 is 4.79 Å². The number of rotatable bonds is 10. The Kier molecular flexibility index (Phi) is 8.08. The van der Waals surface area contributed by atoms with Crippen molar-refractivity contribution in [2.75, 3.05) is 56.5 Å². The van der Waals surface area contributed by atoms with Gasteiger partial charge in [-0.1, -0.05) is 36.4 Å². The molecule has 192 valence electrons. The molecule has 0 spiro atoms. The fourth-order valence-electron chi connectivity index (χ4n) is 4.99. The van der Waals surface area contributed by atoms with E-state index in [-0.39, 0.29) is 0 Å². The van der Waals surface area contributed by atoms with Crippen molar-refractivity contribution >= 4 is 28.9 Å². The number of nitrogens with zero attached hydrogens (tertiary/aromatic N) is 5. The van der Waals surface area contributed by atoms with Gasteiger partial charge in [0.05, 0.1) is 11.2 Å². The highest BCUT2D eigenvalue weighted by atomic mass is 16.1. The Hall–Kier alpha value is -3.75. The molecule has 2 N–H and O–H groups in total. The molecule has 1 aliphatic rings. The van der Waals surface area contributed by atoms with E-state index in [0.29, 0.717) is 12.1 Å². The fraction of sp³-hybridized carbons (Fsp3) is 0.345. The Morgan fingerprint density at radius 3 is 2.65 bits per heavy atom. The summed E-state index contributed by atoms with van der Waals surface area (Å²) in [5.74, 6) is 1.69. The van der Waals surface area contributed by atoms with Gasteiger partial charge in [-0.15, -0.1) is 0 Å². The first-order valence-electron chi connectivity index (χ1n) is 13.0. The molecule has 0 unspecified atom stereocenters. The van der Waals surface area contributed by atoms with Crippen LogP contribution in [0, 0.1) is 0 Å². The molecule has 4 aromatic rings. The number of aromatic amines is 1. The lowest BCUT2D eigenvalue weighted by Crippen LogP contribution is -2.32. The molecule has 0 saturated carbocycles. The van der Waals surface area contributed by atoms with Crippen LogP contribution in [0.1, 0.15) is 18.4 Å². The average molecular weight is 498 g/mol. The standard InChI is InChI=1S/C29H35N7O/c1-34(14-6-15-35-16-7-17-36(19-18-35)21-23-8-3-2-4-9-23)27-13-12-24(20-30-27)29-32-26-11-5-10-25(31-22-37)28(26)33-29/h2-5,8-13,20,22H,6-7,14-19,21H2,1H3,(H,31,37)(H,32,33). The van der Waals surface area contributed by atoms with E-state index in [0.717, 1.165) is 67.4 Å². The average Bonchev–Trinajstić information content (AvgIpc) is 3.25. The van der Waals surface area contributed by atoms with Gasteiger partial charge in [0, 0.05) is 45.0 Å². The minimum absolute atomic E-state index is 0.669. The van der Waals surface area contributed by atoms with E-state index in [1.807, 2.05) is 36.5 Å². The Morgan fingerprint density at radius 2 is 1.84 bits per heavy atom. The molecule has 5 rings (SSSR count). The number of H-pyrrole nitrogens is 1. The SMILES string of the molecule is CN(CCCN1CCCN(Cc2ccccc2)CC1)c1ccc(-c2nc3c(NC=O)cccc3[nH]2)cn1. The quantitative estimate of drug-likeness (QED) is 0.319. The van der Waals surface area contributed by atoms with E-state index in [1.54, 1.807) is 0 Å². The van der Waals surface area contributed by atoms with Crippen LogP contribution in [0.15, 0.2) is 66.9 Å². The molecule has 3 heterocycles. The van der Waals surface area contributed by atoms with Crippen molar-refractivity contribution in [1.82, 2.24) is 24.8 Å². The zero-order valence-corrected chi connectivity index (χ0v) is 21.4. The summed E-state index contributed by atoms with van der Waals surface area (Å²) >= 11 is 0. The molecule has 0 aliphatic carbocycles. The number of fused-ring (bicyclic) bond motifs is 1. The third kappa shape index (κ3) is 6.34. The Labute approximate surface area is 218 Å². The lowest BCUT2D eigenvalue weighted by molar-refractivity contribution is -0.105. The maximum Gasteiger partial charge on any atom is 0.211 e. The molecule has 1 saturated heterocycles. The number of hydrogen-bond acceptors (Lipinski definition) is 6. The van der Waals surface area contributed by atoms with Crippen molar-refractivity contribution in [3.8, 4) is 11.4 Å². The lowest BCUT2D eigenvalue weighted by atomic mass is 10.2. The van der Waals surface area contributed by atoms with Gasteiger partial charge in [0.2, 0.25) is 6.41 Å². The molecule has 2 aromatic heterocycles. The van der Waals surface area contributed by atoms with E-state index >= 15 is 0 Å². The summed E-state index contributed by atoms with van der Waals surface area (Å²) in [4.78, 5) is 31.0. The van der Waals surface area contributed by atoms with Crippen LogP contribution < -0.4 is 10.2 Å². The third-order valence-corrected chi connectivity index (χ3v) is 7.04. The molecule has 0 atom stereocenters. The van der Waals surface area contributed by atoms with Gasteiger partial charge in [0.15, 0.2) is 0 Å². The second-order valence-corrected chi connectivity index (χ2v) is 9.69. The Morgan fingerprint density at radius 1 is 1.00 bits per heavy atom. The number of carbonyl (C=O) groups excluding carboxylic acids is 1. The number of hydrogen-bond donors (Lipinski definition) is 2. The number of benzene rings is 2. The predicted octanol–water partition coefficient (Wildman–Crippen LogP) is 4.23. The van der Waals surface area contributed by atoms with E-state index in [1.165, 1.54) is 25.1 Å². The lowest BCUT2D eigenvalue weighted by Gasteiger charge is -2.23. The van der Waals surface area contributed by atoms with E-state index in [9.17, 15) is 4.79 Å². The topological polar surface area (TPSA) is 80.4 Å². The molecule has 0 radical (unpaired) electrons. The fourth-order valence-corrected chi connectivity index (χ4v) is 4.99. The highest BCUT2D eigenvalue weighted by Crippen LogP contribution is 2.26. The maximum absolute atomic E-state index is 10.9. The van der Waals surface area contributed by atoms with Gasteiger partial charge in [-0.2, -0.15) is 0 Å². The number of pyridine rings is 1. The van der Waals surface area contributed by atoms with Gasteiger partial charge in [0.25, 0.3) is 0 Å². The summed E-state index contributed by atoms with van der Waals surface area (Å²) in [6, 6.07) is 20.5. The normalized spacial score (nSPS) is 14.9. The molecular weight excluding hydrogens is 462 g/mol. The molecule has 1 fully saturated rings. The third-order valence-electron chi connectivity index (χ3n) is 7.04. The zero-order chi connectivity index (χ0) is 25.5. The van der Waals surface area contributed by atoms with Crippen LogP contribution in [-0.4, -0.2) is 77.5 Å². The monoisotopic (exact) mass is 497 g/mol. The zero-order valence-electron chi connectivity index (χ0n) is 21.4. The molecular formula is C29H35N7O. The van der Waals surface area contributed by atoms with E-state index in [2.05, 4.69) is 72.3 Å². The molecule has 0 bridgehead atoms. The largest absolute Gasteiger partial charge is 0.360 e. The summed E-state index contributed by atoms with van der Waals surface area (Å²) in [7, 11) is 2.10. The number of imidazole rings is 1.